The van der Waals surface area contributed by atoms with Crippen LogP contribution in [0, 0.1) is 0 Å². The molecule has 1 rings (SSSR count). The first-order valence-electron chi connectivity index (χ1n) is 5.15. The Kier molecular flexibility index (Phi) is 5.06. The van der Waals surface area contributed by atoms with Gasteiger partial charge < -0.3 is 0 Å². The monoisotopic (exact) mass is 280 g/mol. The third-order valence-corrected chi connectivity index (χ3v) is 8.25. The molecule has 0 atom stereocenters. The predicted octanol–water partition coefficient (Wildman–Crippen LogP) is 4.48. The Balaban J connectivity index is 2.74. The van der Waals surface area contributed by atoms with Gasteiger partial charge in [-0.2, -0.15) is 0 Å². The number of hydrogen-bond acceptors (Lipinski definition) is 0. The first kappa shape index (κ1) is 12.5. The van der Waals surface area contributed by atoms with Crippen LogP contribution in [0.5, 0.6) is 0 Å². The predicted molar refractivity (Wildman–Crippen MR) is 74.8 cm³/mol. The Hall–Kier alpha value is -0.603. The molecule has 2 heteroatoms. The molecule has 80 valence electrons. The van der Waals surface area contributed by atoms with Gasteiger partial charge in [0, 0.05) is 0 Å². The molecule has 0 aromatic heterocycles. The molecule has 0 aliphatic carbocycles. The number of allylic oxidation sites excluding steroid dienone is 2. The summed E-state index contributed by atoms with van der Waals surface area (Å²) in [6.07, 6.45) is 4.04. The molecular formula is C13H17BrSi. The Morgan fingerprint density at radius 3 is 2.07 bits per heavy atom. The Morgan fingerprint density at radius 2 is 1.60 bits per heavy atom. The molecule has 0 heterocycles. The molecule has 0 unspecified atom stereocenters. The average molecular weight is 281 g/mol. The van der Waals surface area contributed by atoms with Gasteiger partial charge in [-0.25, -0.2) is 0 Å². The fraction of sp³-hybridized carbons (Fsp3) is 0.231. The van der Waals surface area contributed by atoms with Gasteiger partial charge in [0.25, 0.3) is 0 Å². The van der Waals surface area contributed by atoms with E-state index in [1.165, 1.54) is 5.56 Å². The van der Waals surface area contributed by atoms with E-state index < -0.39 is 6.69 Å². The maximum Gasteiger partial charge on any atom is 0.142 e. The van der Waals surface area contributed by atoms with Gasteiger partial charge in [0.1, 0.15) is 6.69 Å². The SMILES string of the molecule is C=CC[Si](Br)(CC=C)Cc1ccccc1. The molecule has 0 nitrogen and oxygen atoms in total. The van der Waals surface area contributed by atoms with Gasteiger partial charge >= 0.3 is 0 Å². The molecule has 0 fully saturated rings. The van der Waals surface area contributed by atoms with Crippen molar-refractivity contribution in [2.24, 2.45) is 0 Å². The van der Waals surface area contributed by atoms with E-state index in [0.717, 1.165) is 18.1 Å². The van der Waals surface area contributed by atoms with Gasteiger partial charge in [0.2, 0.25) is 0 Å². The van der Waals surface area contributed by atoms with Crippen molar-refractivity contribution in [1.29, 1.82) is 0 Å². The second-order valence-corrected chi connectivity index (χ2v) is 12.3. The van der Waals surface area contributed by atoms with Crippen molar-refractivity contribution in [3.63, 3.8) is 0 Å². The van der Waals surface area contributed by atoms with Crippen molar-refractivity contribution >= 4 is 22.0 Å². The molecule has 0 aliphatic heterocycles. The third kappa shape index (κ3) is 4.18. The van der Waals surface area contributed by atoms with Crippen LogP contribution >= 0.6 is 15.3 Å². The van der Waals surface area contributed by atoms with Crippen LogP contribution in [0.3, 0.4) is 0 Å². The van der Waals surface area contributed by atoms with Gasteiger partial charge in [-0.1, -0.05) is 42.5 Å². The number of hydrogen-bond donors (Lipinski definition) is 0. The third-order valence-electron chi connectivity index (χ3n) is 2.38. The van der Waals surface area contributed by atoms with Crippen molar-refractivity contribution in [3.05, 3.63) is 61.2 Å². The zero-order valence-electron chi connectivity index (χ0n) is 8.95. The Bertz CT molecular complexity index is 309. The zero-order chi connectivity index (χ0) is 11.1. The topological polar surface area (TPSA) is 0 Å². The van der Waals surface area contributed by atoms with Gasteiger partial charge in [0.15, 0.2) is 0 Å². The average Bonchev–Trinajstić information content (AvgIpc) is 2.19. The summed E-state index contributed by atoms with van der Waals surface area (Å²) in [5, 5.41) is 0. The van der Waals surface area contributed by atoms with E-state index >= 15 is 0 Å². The molecule has 0 bridgehead atoms. The van der Waals surface area contributed by atoms with Gasteiger partial charge in [-0.15, -0.1) is 28.5 Å². The van der Waals surface area contributed by atoms with E-state index in [1.807, 2.05) is 12.2 Å². The maximum atomic E-state index is 3.94. The number of benzene rings is 1. The van der Waals surface area contributed by atoms with Gasteiger partial charge in [-0.3, -0.25) is 0 Å². The van der Waals surface area contributed by atoms with E-state index in [4.69, 9.17) is 0 Å². The maximum absolute atomic E-state index is 3.94. The fourth-order valence-electron chi connectivity index (χ4n) is 1.71. The molecule has 0 amide bonds. The smallest absolute Gasteiger partial charge is 0.125 e. The summed E-state index contributed by atoms with van der Waals surface area (Å²) in [6.45, 7) is 6.27. The lowest BCUT2D eigenvalue weighted by molar-refractivity contribution is 1.29. The summed E-state index contributed by atoms with van der Waals surface area (Å²) in [5.74, 6) is 0. The lowest BCUT2D eigenvalue weighted by Gasteiger charge is -2.22. The van der Waals surface area contributed by atoms with Gasteiger partial charge in [0.05, 0.1) is 0 Å². The van der Waals surface area contributed by atoms with Crippen molar-refractivity contribution in [2.45, 2.75) is 18.1 Å². The summed E-state index contributed by atoms with van der Waals surface area (Å²) < 4.78 is 0. The van der Waals surface area contributed by atoms with E-state index in [2.05, 4.69) is 58.8 Å². The molecule has 1 aromatic rings. The normalized spacial score (nSPS) is 11.0. The summed E-state index contributed by atoms with van der Waals surface area (Å²) in [7, 11) is 0. The fourth-order valence-corrected chi connectivity index (χ4v) is 6.51. The van der Waals surface area contributed by atoms with Crippen LogP contribution in [0.2, 0.25) is 12.1 Å². The number of halogens is 1. The van der Waals surface area contributed by atoms with E-state index in [1.54, 1.807) is 0 Å². The highest BCUT2D eigenvalue weighted by Gasteiger charge is 2.27. The molecule has 0 N–H and O–H groups in total. The first-order valence-corrected chi connectivity index (χ1v) is 10.0. The van der Waals surface area contributed by atoms with Crippen molar-refractivity contribution in [3.8, 4) is 0 Å². The van der Waals surface area contributed by atoms with Crippen LogP contribution in [-0.2, 0) is 6.04 Å². The lowest BCUT2D eigenvalue weighted by Crippen LogP contribution is -2.28. The van der Waals surface area contributed by atoms with Crippen LogP contribution in [0.15, 0.2) is 55.6 Å². The van der Waals surface area contributed by atoms with E-state index in [9.17, 15) is 0 Å². The van der Waals surface area contributed by atoms with Crippen molar-refractivity contribution < 1.29 is 0 Å². The minimum Gasteiger partial charge on any atom is -0.125 e. The quantitative estimate of drug-likeness (QED) is 0.410. The van der Waals surface area contributed by atoms with Crippen molar-refractivity contribution in [1.82, 2.24) is 0 Å². The van der Waals surface area contributed by atoms with Crippen LogP contribution in [0.4, 0.5) is 0 Å². The minimum absolute atomic E-state index is 1.09. The molecule has 0 spiro atoms. The second kappa shape index (κ2) is 6.08. The summed E-state index contributed by atoms with van der Waals surface area (Å²) in [4.78, 5) is 0. The van der Waals surface area contributed by atoms with Crippen LogP contribution in [0.25, 0.3) is 0 Å². The highest BCUT2D eigenvalue weighted by Crippen LogP contribution is 2.28. The molecule has 0 saturated heterocycles. The molecule has 0 radical (unpaired) electrons. The Morgan fingerprint density at radius 1 is 1.07 bits per heavy atom. The lowest BCUT2D eigenvalue weighted by atomic mass is 10.2. The zero-order valence-corrected chi connectivity index (χ0v) is 11.5. The van der Waals surface area contributed by atoms with Crippen LogP contribution in [0.1, 0.15) is 5.56 Å². The second-order valence-electron chi connectivity index (χ2n) is 3.80. The molecule has 0 saturated carbocycles. The standard InChI is InChI=1S/C13H17BrSi/c1-3-10-15(14,11-4-2)12-13-8-6-5-7-9-13/h3-9H,1-2,10-12H2. The summed E-state index contributed by atoms with van der Waals surface area (Å²) in [5.41, 5.74) is 1.41. The molecule has 1 aromatic carbocycles. The van der Waals surface area contributed by atoms with Crippen LogP contribution in [-0.4, -0.2) is 6.69 Å². The molecule has 15 heavy (non-hydrogen) atoms. The van der Waals surface area contributed by atoms with Crippen molar-refractivity contribution in [2.75, 3.05) is 0 Å². The van der Waals surface area contributed by atoms with E-state index in [0.29, 0.717) is 0 Å². The van der Waals surface area contributed by atoms with Crippen LogP contribution < -0.4 is 0 Å². The number of rotatable bonds is 6. The highest BCUT2D eigenvalue weighted by molar-refractivity contribution is 9.26. The molecule has 0 aliphatic rings. The van der Waals surface area contributed by atoms with E-state index in [-0.39, 0.29) is 0 Å². The largest absolute Gasteiger partial charge is 0.142 e. The summed E-state index contributed by atoms with van der Waals surface area (Å²) in [6, 6.07) is 14.0. The first-order chi connectivity index (χ1) is 7.20. The Labute approximate surface area is 101 Å². The molecular weight excluding hydrogens is 264 g/mol. The highest BCUT2D eigenvalue weighted by atomic mass is 79.9. The summed E-state index contributed by atoms with van der Waals surface area (Å²) >= 11 is 3.94. The minimum atomic E-state index is -1.41. The van der Waals surface area contributed by atoms with Gasteiger partial charge in [-0.05, 0) is 23.7 Å².